The molecule has 1 aromatic heterocycles. The standard InChI is InChI=1S/C24H21N/c1-19-23(21-13-7-3-8-14-21)17-24(22-15-9-4-10-16-22)25(19)18-20-11-5-2-6-12-20/h2-17H,18H2,1H3. The zero-order valence-corrected chi connectivity index (χ0v) is 14.4. The van der Waals surface area contributed by atoms with Gasteiger partial charge in [0.2, 0.25) is 0 Å². The third-order valence-electron chi connectivity index (χ3n) is 4.70. The predicted octanol–water partition coefficient (Wildman–Crippen LogP) is 6.18. The molecule has 4 aromatic rings. The quantitative estimate of drug-likeness (QED) is 0.422. The van der Waals surface area contributed by atoms with E-state index in [1.54, 1.807) is 0 Å². The minimum Gasteiger partial charge on any atom is -0.340 e. The molecule has 0 unspecified atom stereocenters. The molecule has 4 rings (SSSR count). The van der Waals surface area contributed by atoms with Gasteiger partial charge < -0.3 is 4.57 Å². The third-order valence-corrected chi connectivity index (χ3v) is 4.70. The maximum atomic E-state index is 2.42. The van der Waals surface area contributed by atoms with E-state index < -0.39 is 0 Å². The number of nitrogens with zero attached hydrogens (tertiary/aromatic N) is 1. The summed E-state index contributed by atoms with van der Waals surface area (Å²) in [6.07, 6.45) is 0. The van der Waals surface area contributed by atoms with Gasteiger partial charge >= 0.3 is 0 Å². The zero-order valence-electron chi connectivity index (χ0n) is 14.4. The average Bonchev–Trinajstić information content (AvgIpc) is 3.01. The second kappa shape index (κ2) is 6.82. The van der Waals surface area contributed by atoms with Crippen molar-refractivity contribution in [2.75, 3.05) is 0 Å². The lowest BCUT2D eigenvalue weighted by Crippen LogP contribution is -2.03. The lowest BCUT2D eigenvalue weighted by Gasteiger charge is -2.12. The SMILES string of the molecule is Cc1c(-c2ccccc2)cc(-c2ccccc2)n1Cc1ccccc1. The molecule has 25 heavy (non-hydrogen) atoms. The van der Waals surface area contributed by atoms with Gasteiger partial charge in [0, 0.05) is 23.5 Å². The number of benzene rings is 3. The highest BCUT2D eigenvalue weighted by Crippen LogP contribution is 2.33. The van der Waals surface area contributed by atoms with Crippen LogP contribution < -0.4 is 0 Å². The summed E-state index contributed by atoms with van der Waals surface area (Å²) in [5.74, 6) is 0. The summed E-state index contributed by atoms with van der Waals surface area (Å²) in [6, 6.07) is 34.3. The topological polar surface area (TPSA) is 4.93 Å². The highest BCUT2D eigenvalue weighted by molar-refractivity contribution is 5.75. The maximum Gasteiger partial charge on any atom is 0.0491 e. The lowest BCUT2D eigenvalue weighted by molar-refractivity contribution is 0.785. The Kier molecular flexibility index (Phi) is 4.22. The van der Waals surface area contributed by atoms with E-state index in [2.05, 4.69) is 109 Å². The minimum absolute atomic E-state index is 0.879. The van der Waals surface area contributed by atoms with Crippen LogP contribution in [0.15, 0.2) is 97.1 Å². The molecule has 0 saturated heterocycles. The van der Waals surface area contributed by atoms with Crippen LogP contribution in [0.3, 0.4) is 0 Å². The molecule has 0 amide bonds. The fraction of sp³-hybridized carbons (Fsp3) is 0.0833. The van der Waals surface area contributed by atoms with Gasteiger partial charge in [0.15, 0.2) is 0 Å². The molecular formula is C24H21N. The van der Waals surface area contributed by atoms with E-state index in [1.165, 1.54) is 33.6 Å². The van der Waals surface area contributed by atoms with E-state index in [4.69, 9.17) is 0 Å². The molecule has 122 valence electrons. The fourth-order valence-electron chi connectivity index (χ4n) is 3.37. The van der Waals surface area contributed by atoms with Gasteiger partial charge in [-0.3, -0.25) is 0 Å². The Morgan fingerprint density at radius 3 is 1.76 bits per heavy atom. The van der Waals surface area contributed by atoms with Gasteiger partial charge in [0.05, 0.1) is 0 Å². The highest BCUT2D eigenvalue weighted by atomic mass is 15.0. The first-order valence-corrected chi connectivity index (χ1v) is 8.68. The van der Waals surface area contributed by atoms with Gasteiger partial charge in [-0.2, -0.15) is 0 Å². The van der Waals surface area contributed by atoms with Crippen LogP contribution in [0.4, 0.5) is 0 Å². The van der Waals surface area contributed by atoms with Gasteiger partial charge in [-0.05, 0) is 29.7 Å². The summed E-state index contributed by atoms with van der Waals surface area (Å²) in [6.45, 7) is 3.10. The molecule has 0 aliphatic heterocycles. The smallest absolute Gasteiger partial charge is 0.0491 e. The Bertz CT molecular complexity index is 951. The van der Waals surface area contributed by atoms with Crippen molar-refractivity contribution in [2.24, 2.45) is 0 Å². The summed E-state index contributed by atoms with van der Waals surface area (Å²) < 4.78 is 2.42. The molecule has 0 atom stereocenters. The van der Waals surface area contributed by atoms with Crippen molar-refractivity contribution in [1.82, 2.24) is 4.57 Å². The minimum atomic E-state index is 0.879. The van der Waals surface area contributed by atoms with E-state index in [0.717, 1.165) is 6.54 Å². The van der Waals surface area contributed by atoms with Crippen molar-refractivity contribution in [3.05, 3.63) is 108 Å². The number of aromatic nitrogens is 1. The van der Waals surface area contributed by atoms with Crippen molar-refractivity contribution in [3.8, 4) is 22.4 Å². The van der Waals surface area contributed by atoms with Crippen molar-refractivity contribution < 1.29 is 0 Å². The normalized spacial score (nSPS) is 10.8. The van der Waals surface area contributed by atoms with Gasteiger partial charge in [0.25, 0.3) is 0 Å². The van der Waals surface area contributed by atoms with E-state index >= 15 is 0 Å². The van der Waals surface area contributed by atoms with E-state index in [-0.39, 0.29) is 0 Å². The Morgan fingerprint density at radius 1 is 0.640 bits per heavy atom. The molecule has 1 heteroatoms. The monoisotopic (exact) mass is 323 g/mol. The van der Waals surface area contributed by atoms with Gasteiger partial charge in [-0.25, -0.2) is 0 Å². The molecule has 1 heterocycles. The fourth-order valence-corrected chi connectivity index (χ4v) is 3.37. The van der Waals surface area contributed by atoms with Crippen LogP contribution in [0, 0.1) is 6.92 Å². The van der Waals surface area contributed by atoms with Gasteiger partial charge in [0.1, 0.15) is 0 Å². The van der Waals surface area contributed by atoms with Crippen LogP contribution in [0.1, 0.15) is 11.3 Å². The molecule has 0 spiro atoms. The molecule has 3 aromatic carbocycles. The lowest BCUT2D eigenvalue weighted by atomic mass is 10.1. The largest absolute Gasteiger partial charge is 0.340 e. The van der Waals surface area contributed by atoms with Crippen LogP contribution in [0.5, 0.6) is 0 Å². The summed E-state index contributed by atoms with van der Waals surface area (Å²) >= 11 is 0. The van der Waals surface area contributed by atoms with E-state index in [0.29, 0.717) is 0 Å². The summed E-state index contributed by atoms with van der Waals surface area (Å²) in [7, 11) is 0. The maximum absolute atomic E-state index is 2.42. The van der Waals surface area contributed by atoms with Gasteiger partial charge in [-0.1, -0.05) is 91.0 Å². The first-order valence-electron chi connectivity index (χ1n) is 8.68. The number of hydrogen-bond donors (Lipinski definition) is 0. The first kappa shape index (κ1) is 15.5. The first-order chi connectivity index (χ1) is 12.3. The molecule has 0 bridgehead atoms. The van der Waals surface area contributed by atoms with Crippen LogP contribution in [0.25, 0.3) is 22.4 Å². The number of hydrogen-bond acceptors (Lipinski definition) is 0. The van der Waals surface area contributed by atoms with Crippen LogP contribution in [0.2, 0.25) is 0 Å². The highest BCUT2D eigenvalue weighted by Gasteiger charge is 2.14. The van der Waals surface area contributed by atoms with Crippen LogP contribution in [-0.4, -0.2) is 4.57 Å². The van der Waals surface area contributed by atoms with E-state index in [1.807, 2.05) is 0 Å². The molecule has 1 nitrogen and oxygen atoms in total. The van der Waals surface area contributed by atoms with Crippen molar-refractivity contribution in [3.63, 3.8) is 0 Å². The van der Waals surface area contributed by atoms with Crippen LogP contribution in [-0.2, 0) is 6.54 Å². The Morgan fingerprint density at radius 2 is 1.16 bits per heavy atom. The van der Waals surface area contributed by atoms with Gasteiger partial charge in [-0.15, -0.1) is 0 Å². The molecular weight excluding hydrogens is 302 g/mol. The molecule has 0 aliphatic rings. The Labute approximate surface area is 149 Å². The second-order valence-corrected chi connectivity index (χ2v) is 6.33. The van der Waals surface area contributed by atoms with Crippen molar-refractivity contribution in [2.45, 2.75) is 13.5 Å². The van der Waals surface area contributed by atoms with Crippen LogP contribution >= 0.6 is 0 Å². The van der Waals surface area contributed by atoms with Crippen molar-refractivity contribution in [1.29, 1.82) is 0 Å². The molecule has 0 saturated carbocycles. The molecule has 0 radical (unpaired) electrons. The zero-order chi connectivity index (χ0) is 17.1. The average molecular weight is 323 g/mol. The Balaban J connectivity index is 1.87. The third kappa shape index (κ3) is 3.14. The summed E-state index contributed by atoms with van der Waals surface area (Å²) in [5.41, 5.74) is 7.70. The van der Waals surface area contributed by atoms with Crippen molar-refractivity contribution >= 4 is 0 Å². The second-order valence-electron chi connectivity index (χ2n) is 6.33. The molecule has 0 N–H and O–H groups in total. The summed E-state index contributed by atoms with van der Waals surface area (Å²) in [4.78, 5) is 0. The summed E-state index contributed by atoms with van der Waals surface area (Å²) in [5, 5.41) is 0. The number of rotatable bonds is 4. The van der Waals surface area contributed by atoms with E-state index in [9.17, 15) is 0 Å². The molecule has 0 aliphatic carbocycles. The molecule has 0 fully saturated rings. The predicted molar refractivity (Wildman–Crippen MR) is 106 cm³/mol. The Hall–Kier alpha value is -3.06.